The third kappa shape index (κ3) is 6.22. The van der Waals surface area contributed by atoms with Crippen LogP contribution in [0.5, 0.6) is 0 Å². The van der Waals surface area contributed by atoms with Crippen LogP contribution in [0.3, 0.4) is 0 Å². The fourth-order valence-electron chi connectivity index (χ4n) is 5.69. The molecule has 218 valence electrons. The van der Waals surface area contributed by atoms with E-state index in [1.165, 1.54) is 12.1 Å². The molecule has 2 aliphatic carbocycles. The van der Waals surface area contributed by atoms with Crippen LogP contribution in [0.15, 0.2) is 35.2 Å². The monoisotopic (exact) mass is 603 g/mol. The first-order valence-corrected chi connectivity index (χ1v) is 14.6. The summed E-state index contributed by atoms with van der Waals surface area (Å²) in [5.41, 5.74) is -0.492. The van der Waals surface area contributed by atoms with E-state index in [2.05, 4.69) is 16.0 Å². The minimum absolute atomic E-state index is 0.0992. The predicted octanol–water partition coefficient (Wildman–Crippen LogP) is 3.24. The van der Waals surface area contributed by atoms with Crippen LogP contribution >= 0.6 is 11.6 Å². The lowest BCUT2D eigenvalue weighted by Gasteiger charge is -2.36. The van der Waals surface area contributed by atoms with Gasteiger partial charge < -0.3 is 26.2 Å². The Bertz CT molecular complexity index is 1390. The van der Waals surface area contributed by atoms with E-state index in [1.54, 1.807) is 0 Å². The first kappa shape index (κ1) is 30.1. The molecule has 9 nitrogen and oxygen atoms in total. The molecule has 14 heteroatoms. The standard InChI is InChI=1S/C26H29ClF3N3O6S/c1-12-4-14-5-17(9-18(12)24(14)33-26(37)31-10-16(35)11-34)40(38,39)22-6-13(2-3-19(22)27)25(36)32-15-7-20(28)23(30)21(29)8-15/h2-3,6-8,12,14,16-18,24,34-35H,4-5,9-11H2,1H3,(H,32,36)(H2,31,33,37)/t12-,14?,16?,17?,18?,24+/m0/s1. The summed E-state index contributed by atoms with van der Waals surface area (Å²) in [5, 5.41) is 25.0. The first-order chi connectivity index (χ1) is 18.8. The Hall–Kier alpha value is -2.87. The Morgan fingerprint density at radius 2 is 1.77 bits per heavy atom. The van der Waals surface area contributed by atoms with E-state index >= 15 is 0 Å². The Labute approximate surface area is 234 Å². The van der Waals surface area contributed by atoms with Gasteiger partial charge in [-0.2, -0.15) is 0 Å². The van der Waals surface area contributed by atoms with Gasteiger partial charge in [-0.05, 0) is 55.2 Å². The summed E-state index contributed by atoms with van der Waals surface area (Å²) in [6.45, 7) is 1.35. The number of halogens is 4. The Balaban J connectivity index is 1.50. The summed E-state index contributed by atoms with van der Waals surface area (Å²) in [4.78, 5) is 24.8. The normalized spacial score (nSPS) is 24.8. The molecule has 2 aromatic rings. The maximum atomic E-state index is 13.7. The summed E-state index contributed by atoms with van der Waals surface area (Å²) < 4.78 is 67.8. The van der Waals surface area contributed by atoms with Crippen molar-refractivity contribution in [2.45, 2.75) is 48.5 Å². The largest absolute Gasteiger partial charge is 0.394 e. The van der Waals surface area contributed by atoms with Gasteiger partial charge in [0.1, 0.15) is 0 Å². The zero-order chi connectivity index (χ0) is 29.4. The second kappa shape index (κ2) is 11.9. The number of hydrogen-bond acceptors (Lipinski definition) is 6. The fourth-order valence-corrected chi connectivity index (χ4v) is 8.10. The summed E-state index contributed by atoms with van der Waals surface area (Å²) in [6, 6.07) is 3.99. The van der Waals surface area contributed by atoms with E-state index in [0.29, 0.717) is 18.6 Å². The van der Waals surface area contributed by atoms with Crippen LogP contribution < -0.4 is 16.0 Å². The minimum Gasteiger partial charge on any atom is -0.394 e. The number of nitrogens with one attached hydrogen (secondary N) is 3. The van der Waals surface area contributed by atoms with Crippen molar-refractivity contribution < 1.29 is 41.4 Å². The second-order valence-corrected chi connectivity index (χ2v) is 12.9. The van der Waals surface area contributed by atoms with Crippen molar-refractivity contribution in [2.24, 2.45) is 17.8 Å². The third-order valence-electron chi connectivity index (χ3n) is 7.66. The number of benzene rings is 2. The van der Waals surface area contributed by atoms with Crippen molar-refractivity contribution >= 4 is 39.1 Å². The zero-order valence-corrected chi connectivity index (χ0v) is 22.9. The molecule has 2 bridgehead atoms. The van der Waals surface area contributed by atoms with Gasteiger partial charge in [0.25, 0.3) is 5.91 Å². The smallest absolute Gasteiger partial charge is 0.315 e. The molecule has 0 saturated heterocycles. The van der Waals surface area contributed by atoms with Crippen molar-refractivity contribution in [1.29, 1.82) is 0 Å². The number of aliphatic hydroxyl groups is 2. The van der Waals surface area contributed by atoms with E-state index in [1.807, 2.05) is 6.92 Å². The topological polar surface area (TPSA) is 145 Å². The summed E-state index contributed by atoms with van der Waals surface area (Å²) >= 11 is 6.26. The molecule has 2 aromatic carbocycles. The third-order valence-corrected chi connectivity index (χ3v) is 10.3. The molecule has 3 amide bonds. The molecule has 0 aromatic heterocycles. The molecule has 5 N–H and O–H groups in total. The van der Waals surface area contributed by atoms with Crippen LogP contribution in [-0.4, -0.2) is 61.1 Å². The number of amides is 3. The number of carbonyl (C=O) groups excluding carboxylic acids is 2. The van der Waals surface area contributed by atoms with Gasteiger partial charge in [0.05, 0.1) is 27.9 Å². The number of urea groups is 1. The number of aliphatic hydroxyl groups excluding tert-OH is 2. The molecule has 2 aliphatic rings. The average molecular weight is 604 g/mol. The number of carbonyl (C=O) groups is 2. The highest BCUT2D eigenvalue weighted by Gasteiger charge is 2.50. The molecule has 6 atom stereocenters. The molecular weight excluding hydrogens is 575 g/mol. The lowest BCUT2D eigenvalue weighted by Crippen LogP contribution is -2.52. The van der Waals surface area contributed by atoms with Gasteiger partial charge in [0.15, 0.2) is 27.3 Å². The van der Waals surface area contributed by atoms with E-state index in [-0.39, 0.29) is 64.4 Å². The highest BCUT2D eigenvalue weighted by atomic mass is 35.5. The molecule has 0 spiro atoms. The maximum Gasteiger partial charge on any atom is 0.315 e. The molecule has 4 unspecified atom stereocenters. The number of anilines is 1. The summed E-state index contributed by atoms with van der Waals surface area (Å²) in [6.07, 6.45) is 0.0872. The average Bonchev–Trinajstić information content (AvgIpc) is 3.06. The SMILES string of the molecule is C[C@H]1CC2CC(S(=O)(=O)c3cc(C(=O)Nc4cc(F)c(F)c(F)c4)ccc3Cl)CC1[C@@H]2NC(=O)NCC(O)CO. The van der Waals surface area contributed by atoms with Crippen molar-refractivity contribution in [3.05, 3.63) is 58.4 Å². The van der Waals surface area contributed by atoms with Gasteiger partial charge in [0.2, 0.25) is 0 Å². The number of hydrogen-bond donors (Lipinski definition) is 5. The molecule has 0 radical (unpaired) electrons. The number of sulfone groups is 1. The molecule has 0 heterocycles. The minimum atomic E-state index is -4.04. The van der Waals surface area contributed by atoms with Crippen LogP contribution in [0.2, 0.25) is 5.02 Å². The molecule has 40 heavy (non-hydrogen) atoms. The van der Waals surface area contributed by atoms with E-state index in [0.717, 1.165) is 6.07 Å². The van der Waals surface area contributed by atoms with Crippen LogP contribution in [0.25, 0.3) is 0 Å². The Morgan fingerprint density at radius 1 is 1.10 bits per heavy atom. The molecule has 2 fully saturated rings. The quantitative estimate of drug-likeness (QED) is 0.293. The predicted molar refractivity (Wildman–Crippen MR) is 140 cm³/mol. The van der Waals surface area contributed by atoms with Gasteiger partial charge in [-0.25, -0.2) is 26.4 Å². The van der Waals surface area contributed by atoms with E-state index in [9.17, 15) is 36.3 Å². The van der Waals surface area contributed by atoms with E-state index < -0.39 is 57.2 Å². The molecule has 0 aliphatic heterocycles. The van der Waals surface area contributed by atoms with Gasteiger partial charge in [0, 0.05) is 36.0 Å². The Kier molecular flexibility index (Phi) is 8.98. The van der Waals surface area contributed by atoms with Crippen LogP contribution in [0.1, 0.15) is 36.5 Å². The van der Waals surface area contributed by atoms with Gasteiger partial charge >= 0.3 is 6.03 Å². The van der Waals surface area contributed by atoms with Crippen molar-refractivity contribution in [3.8, 4) is 0 Å². The fraction of sp³-hybridized carbons (Fsp3) is 0.462. The highest BCUT2D eigenvalue weighted by Crippen LogP contribution is 2.49. The first-order valence-electron chi connectivity index (χ1n) is 12.6. The van der Waals surface area contributed by atoms with Gasteiger partial charge in [-0.1, -0.05) is 18.5 Å². The van der Waals surface area contributed by atoms with Crippen LogP contribution in [0, 0.1) is 35.2 Å². The van der Waals surface area contributed by atoms with Crippen LogP contribution in [-0.2, 0) is 9.84 Å². The number of fused-ring (bicyclic) bond motifs is 2. The number of rotatable bonds is 8. The highest BCUT2D eigenvalue weighted by molar-refractivity contribution is 7.92. The Morgan fingerprint density at radius 3 is 2.40 bits per heavy atom. The summed E-state index contributed by atoms with van der Waals surface area (Å²) in [7, 11) is -4.04. The van der Waals surface area contributed by atoms with Crippen molar-refractivity contribution in [2.75, 3.05) is 18.5 Å². The summed E-state index contributed by atoms with van der Waals surface area (Å²) in [5.74, 6) is -5.73. The molecule has 2 saturated carbocycles. The van der Waals surface area contributed by atoms with Crippen LogP contribution in [0.4, 0.5) is 23.7 Å². The lowest BCUT2D eigenvalue weighted by atomic mass is 9.82. The van der Waals surface area contributed by atoms with E-state index in [4.69, 9.17) is 16.7 Å². The van der Waals surface area contributed by atoms with Gasteiger partial charge in [-0.3, -0.25) is 4.79 Å². The van der Waals surface area contributed by atoms with Crippen molar-refractivity contribution in [1.82, 2.24) is 10.6 Å². The van der Waals surface area contributed by atoms with Crippen molar-refractivity contribution in [3.63, 3.8) is 0 Å². The van der Waals surface area contributed by atoms with Gasteiger partial charge in [-0.15, -0.1) is 0 Å². The molecular formula is C26H29ClF3N3O6S. The lowest BCUT2D eigenvalue weighted by molar-refractivity contribution is 0.0954. The molecule has 4 rings (SSSR count). The maximum absolute atomic E-state index is 13.7. The zero-order valence-electron chi connectivity index (χ0n) is 21.3. The second-order valence-electron chi connectivity index (χ2n) is 10.3.